The summed E-state index contributed by atoms with van der Waals surface area (Å²) in [7, 11) is 5.04. The molecular formula is C11H20O4. The van der Waals surface area contributed by atoms with E-state index in [-0.39, 0.29) is 0 Å². The smallest absolute Gasteiger partial charge is 0.194 e. The van der Waals surface area contributed by atoms with Crippen LogP contribution in [0.3, 0.4) is 0 Å². The largest absolute Gasteiger partial charge is 0.379 e. The zero-order valence-electron chi connectivity index (χ0n) is 9.69. The second-order valence-electron chi connectivity index (χ2n) is 4.38. The summed E-state index contributed by atoms with van der Waals surface area (Å²) in [6.07, 6.45) is 4.18. The third-order valence-corrected chi connectivity index (χ3v) is 3.66. The molecule has 0 N–H and O–H groups in total. The zero-order valence-corrected chi connectivity index (χ0v) is 9.69. The van der Waals surface area contributed by atoms with Crippen molar-refractivity contribution in [2.75, 3.05) is 27.9 Å². The van der Waals surface area contributed by atoms with Gasteiger partial charge in [0.05, 0.1) is 12.2 Å². The summed E-state index contributed by atoms with van der Waals surface area (Å²) in [5.74, 6) is -0.220. The summed E-state index contributed by atoms with van der Waals surface area (Å²) in [5.41, 5.74) is 0. The molecule has 3 unspecified atom stereocenters. The first-order valence-electron chi connectivity index (χ1n) is 5.50. The molecule has 1 heterocycles. The Morgan fingerprint density at radius 1 is 1.13 bits per heavy atom. The van der Waals surface area contributed by atoms with Crippen LogP contribution in [0.5, 0.6) is 0 Å². The maximum atomic E-state index is 5.53. The van der Waals surface area contributed by atoms with E-state index >= 15 is 0 Å². The summed E-state index contributed by atoms with van der Waals surface area (Å²) in [6.45, 7) is 0.474. The van der Waals surface area contributed by atoms with Crippen LogP contribution in [0, 0.1) is 5.92 Å². The van der Waals surface area contributed by atoms with E-state index in [1.165, 1.54) is 0 Å². The number of rotatable bonds is 5. The maximum Gasteiger partial charge on any atom is 0.194 e. The van der Waals surface area contributed by atoms with Gasteiger partial charge in [0, 0.05) is 27.2 Å². The molecule has 4 heteroatoms. The molecule has 1 saturated carbocycles. The van der Waals surface area contributed by atoms with Gasteiger partial charge in [0.15, 0.2) is 5.79 Å². The zero-order chi connectivity index (χ0) is 10.9. The normalized spacial score (nSPS) is 35.0. The van der Waals surface area contributed by atoms with Gasteiger partial charge in [-0.05, 0) is 19.3 Å². The van der Waals surface area contributed by atoms with Crippen LogP contribution in [-0.4, -0.2) is 45.9 Å². The van der Waals surface area contributed by atoms with Gasteiger partial charge < -0.3 is 18.9 Å². The van der Waals surface area contributed by atoms with Crippen molar-refractivity contribution in [2.45, 2.75) is 37.3 Å². The Morgan fingerprint density at radius 3 is 2.40 bits per heavy atom. The third kappa shape index (κ3) is 2.04. The average molecular weight is 216 g/mol. The van der Waals surface area contributed by atoms with E-state index < -0.39 is 5.79 Å². The Morgan fingerprint density at radius 2 is 1.87 bits per heavy atom. The summed E-state index contributed by atoms with van der Waals surface area (Å²) in [4.78, 5) is 0. The third-order valence-electron chi connectivity index (χ3n) is 3.66. The quantitative estimate of drug-likeness (QED) is 0.511. The molecular weight excluding hydrogens is 196 g/mol. The highest BCUT2D eigenvalue weighted by atomic mass is 16.7. The van der Waals surface area contributed by atoms with Crippen molar-refractivity contribution in [2.24, 2.45) is 5.92 Å². The van der Waals surface area contributed by atoms with Crippen molar-refractivity contribution in [3.63, 3.8) is 0 Å². The Labute approximate surface area is 90.8 Å². The Hall–Kier alpha value is -0.160. The number of epoxide rings is 1. The highest BCUT2D eigenvalue weighted by Gasteiger charge is 2.51. The lowest BCUT2D eigenvalue weighted by molar-refractivity contribution is -0.265. The van der Waals surface area contributed by atoms with Crippen LogP contribution in [0.2, 0.25) is 0 Å². The van der Waals surface area contributed by atoms with E-state index in [1.54, 1.807) is 21.3 Å². The van der Waals surface area contributed by atoms with Crippen molar-refractivity contribution in [3.05, 3.63) is 0 Å². The van der Waals surface area contributed by atoms with Gasteiger partial charge in [-0.1, -0.05) is 0 Å². The van der Waals surface area contributed by atoms with Gasteiger partial charge in [-0.15, -0.1) is 0 Å². The Bertz CT molecular complexity index is 215. The van der Waals surface area contributed by atoms with Crippen molar-refractivity contribution in [3.8, 4) is 0 Å². The molecule has 0 radical (unpaired) electrons. The van der Waals surface area contributed by atoms with Gasteiger partial charge in [0.1, 0.15) is 6.61 Å². The molecule has 15 heavy (non-hydrogen) atoms. The summed E-state index contributed by atoms with van der Waals surface area (Å²) < 4.78 is 21.8. The fraction of sp³-hybridized carbons (Fsp3) is 1.00. The minimum absolute atomic E-state index is 0.371. The molecule has 1 aliphatic carbocycles. The molecule has 2 fully saturated rings. The molecule has 0 aromatic heterocycles. The van der Waals surface area contributed by atoms with Crippen LogP contribution < -0.4 is 0 Å². The van der Waals surface area contributed by atoms with Gasteiger partial charge in [-0.3, -0.25) is 0 Å². The lowest BCUT2D eigenvalue weighted by atomic mass is 9.83. The van der Waals surface area contributed by atoms with Crippen LogP contribution in [0.1, 0.15) is 19.3 Å². The van der Waals surface area contributed by atoms with Gasteiger partial charge in [0.2, 0.25) is 0 Å². The van der Waals surface area contributed by atoms with Crippen LogP contribution in [0.25, 0.3) is 0 Å². The van der Waals surface area contributed by atoms with E-state index in [0.717, 1.165) is 19.3 Å². The predicted octanol–water partition coefficient (Wildman–Crippen LogP) is 1.19. The predicted molar refractivity (Wildman–Crippen MR) is 54.6 cm³/mol. The standard InChI is InChI=1S/C11H20O4/c1-12-7-11(13-2,14-3)8-4-5-9-10(6-8)15-9/h8-10H,4-7H2,1-3H3. The fourth-order valence-corrected chi connectivity index (χ4v) is 2.66. The lowest BCUT2D eigenvalue weighted by Gasteiger charge is -2.38. The number of fused-ring (bicyclic) bond motifs is 1. The van der Waals surface area contributed by atoms with Gasteiger partial charge >= 0.3 is 0 Å². The minimum Gasteiger partial charge on any atom is -0.379 e. The average Bonchev–Trinajstić information content (AvgIpc) is 3.04. The molecule has 0 bridgehead atoms. The van der Waals surface area contributed by atoms with Crippen molar-refractivity contribution < 1.29 is 18.9 Å². The van der Waals surface area contributed by atoms with Gasteiger partial charge in [0.25, 0.3) is 0 Å². The van der Waals surface area contributed by atoms with E-state index in [4.69, 9.17) is 18.9 Å². The molecule has 1 aliphatic heterocycles. The summed E-state index contributed by atoms with van der Waals surface area (Å²) in [5, 5.41) is 0. The molecule has 0 amide bonds. The molecule has 4 nitrogen and oxygen atoms in total. The maximum absolute atomic E-state index is 5.53. The number of hydrogen-bond acceptors (Lipinski definition) is 4. The minimum atomic E-state index is -0.592. The second kappa shape index (κ2) is 4.37. The molecule has 1 saturated heterocycles. The molecule has 2 rings (SSSR count). The second-order valence-corrected chi connectivity index (χ2v) is 4.38. The van der Waals surface area contributed by atoms with E-state index in [0.29, 0.717) is 24.7 Å². The first-order valence-corrected chi connectivity index (χ1v) is 5.50. The number of ether oxygens (including phenoxy) is 4. The monoisotopic (exact) mass is 216 g/mol. The Balaban J connectivity index is 2.01. The van der Waals surface area contributed by atoms with Crippen LogP contribution in [0.15, 0.2) is 0 Å². The summed E-state index contributed by atoms with van der Waals surface area (Å²) in [6, 6.07) is 0. The van der Waals surface area contributed by atoms with Gasteiger partial charge in [-0.2, -0.15) is 0 Å². The first kappa shape index (κ1) is 11.3. The highest BCUT2D eigenvalue weighted by Crippen LogP contribution is 2.44. The molecule has 0 aromatic carbocycles. The van der Waals surface area contributed by atoms with E-state index in [1.807, 2.05) is 0 Å². The molecule has 3 atom stereocenters. The molecule has 0 spiro atoms. The van der Waals surface area contributed by atoms with E-state index in [2.05, 4.69) is 0 Å². The molecule has 2 aliphatic rings. The van der Waals surface area contributed by atoms with Crippen LogP contribution >= 0.6 is 0 Å². The SMILES string of the molecule is COCC(OC)(OC)C1CCC2OC2C1. The number of methoxy groups -OCH3 is 3. The van der Waals surface area contributed by atoms with Crippen LogP contribution in [-0.2, 0) is 18.9 Å². The van der Waals surface area contributed by atoms with Gasteiger partial charge in [-0.25, -0.2) is 0 Å². The highest BCUT2D eigenvalue weighted by molar-refractivity contribution is 4.96. The fourth-order valence-electron chi connectivity index (χ4n) is 2.66. The molecule has 88 valence electrons. The molecule has 0 aromatic rings. The number of hydrogen-bond donors (Lipinski definition) is 0. The van der Waals surface area contributed by atoms with Crippen LogP contribution in [0.4, 0.5) is 0 Å². The van der Waals surface area contributed by atoms with Crippen molar-refractivity contribution in [1.82, 2.24) is 0 Å². The summed E-state index contributed by atoms with van der Waals surface area (Å²) >= 11 is 0. The Kier molecular flexibility index (Phi) is 3.30. The topological polar surface area (TPSA) is 40.2 Å². The lowest BCUT2D eigenvalue weighted by Crippen LogP contribution is -2.47. The first-order chi connectivity index (χ1) is 7.25. The van der Waals surface area contributed by atoms with Crippen molar-refractivity contribution >= 4 is 0 Å². The van der Waals surface area contributed by atoms with Crippen molar-refractivity contribution in [1.29, 1.82) is 0 Å². The van der Waals surface area contributed by atoms with E-state index in [9.17, 15) is 0 Å².